The Kier molecular flexibility index (Phi) is 5.25. The van der Waals surface area contributed by atoms with Crippen molar-refractivity contribution in [1.82, 2.24) is 30.0 Å². The van der Waals surface area contributed by atoms with Crippen molar-refractivity contribution in [2.24, 2.45) is 12.0 Å². The van der Waals surface area contributed by atoms with Crippen molar-refractivity contribution in [1.29, 1.82) is 0 Å². The second kappa shape index (κ2) is 7.76. The molecule has 3 heterocycles. The SMILES string of the molecule is CCNC(=NCc1ccnn1C)N1CCN(c2ncccn2)CC1. The summed E-state index contributed by atoms with van der Waals surface area (Å²) >= 11 is 0. The highest BCUT2D eigenvalue weighted by atomic mass is 15.4. The van der Waals surface area contributed by atoms with Crippen LogP contribution in [-0.4, -0.2) is 63.3 Å². The maximum atomic E-state index is 4.76. The summed E-state index contributed by atoms with van der Waals surface area (Å²) in [7, 11) is 1.94. The molecule has 128 valence electrons. The Balaban J connectivity index is 1.62. The number of rotatable bonds is 4. The molecule has 24 heavy (non-hydrogen) atoms. The van der Waals surface area contributed by atoms with Crippen LogP contribution in [-0.2, 0) is 13.6 Å². The van der Waals surface area contributed by atoms with Gasteiger partial charge in [0.05, 0.1) is 12.2 Å². The van der Waals surface area contributed by atoms with Gasteiger partial charge in [-0.05, 0) is 19.1 Å². The number of nitrogens with zero attached hydrogens (tertiary/aromatic N) is 7. The molecule has 0 bridgehead atoms. The van der Waals surface area contributed by atoms with Gasteiger partial charge in [0.25, 0.3) is 0 Å². The van der Waals surface area contributed by atoms with Crippen LogP contribution >= 0.6 is 0 Å². The number of aromatic nitrogens is 4. The second-order valence-electron chi connectivity index (χ2n) is 5.64. The van der Waals surface area contributed by atoms with E-state index >= 15 is 0 Å². The summed E-state index contributed by atoms with van der Waals surface area (Å²) in [5.41, 5.74) is 1.10. The summed E-state index contributed by atoms with van der Waals surface area (Å²) in [5, 5.41) is 7.57. The van der Waals surface area contributed by atoms with Crippen LogP contribution in [0.1, 0.15) is 12.6 Å². The average molecular weight is 328 g/mol. The molecule has 8 heteroatoms. The molecule has 0 saturated carbocycles. The van der Waals surface area contributed by atoms with Crippen LogP contribution in [0.4, 0.5) is 5.95 Å². The first-order chi connectivity index (χ1) is 11.8. The quantitative estimate of drug-likeness (QED) is 0.651. The summed E-state index contributed by atoms with van der Waals surface area (Å²) in [5.74, 6) is 1.75. The van der Waals surface area contributed by atoms with Crippen molar-refractivity contribution in [2.75, 3.05) is 37.6 Å². The fraction of sp³-hybridized carbons (Fsp3) is 0.500. The molecule has 0 unspecified atom stereocenters. The van der Waals surface area contributed by atoms with Gasteiger partial charge in [0.2, 0.25) is 5.95 Å². The number of piperazine rings is 1. The summed E-state index contributed by atoms with van der Waals surface area (Å²) in [6.07, 6.45) is 5.37. The molecule has 2 aromatic rings. The smallest absolute Gasteiger partial charge is 0.225 e. The number of anilines is 1. The van der Waals surface area contributed by atoms with E-state index in [0.29, 0.717) is 6.54 Å². The number of hydrogen-bond donors (Lipinski definition) is 1. The van der Waals surface area contributed by atoms with E-state index in [4.69, 9.17) is 4.99 Å². The van der Waals surface area contributed by atoms with Gasteiger partial charge < -0.3 is 15.1 Å². The van der Waals surface area contributed by atoms with E-state index < -0.39 is 0 Å². The molecule has 1 aliphatic heterocycles. The lowest BCUT2D eigenvalue weighted by Crippen LogP contribution is -2.53. The monoisotopic (exact) mass is 328 g/mol. The fourth-order valence-corrected chi connectivity index (χ4v) is 2.71. The number of aliphatic imine (C=N–C) groups is 1. The number of hydrogen-bond acceptors (Lipinski definition) is 5. The minimum absolute atomic E-state index is 0.626. The van der Waals surface area contributed by atoms with E-state index in [-0.39, 0.29) is 0 Å². The maximum absolute atomic E-state index is 4.76. The van der Waals surface area contributed by atoms with Crippen molar-refractivity contribution in [3.63, 3.8) is 0 Å². The van der Waals surface area contributed by atoms with E-state index in [0.717, 1.165) is 50.3 Å². The lowest BCUT2D eigenvalue weighted by Gasteiger charge is -2.36. The Labute approximate surface area is 142 Å². The molecule has 8 nitrogen and oxygen atoms in total. The molecule has 3 rings (SSSR count). The maximum Gasteiger partial charge on any atom is 0.225 e. The van der Waals surface area contributed by atoms with Crippen LogP contribution in [0.15, 0.2) is 35.7 Å². The molecule has 0 radical (unpaired) electrons. The predicted octanol–water partition coefficient (Wildman–Crippen LogP) is 0.498. The topological polar surface area (TPSA) is 74.5 Å². The molecule has 1 N–H and O–H groups in total. The van der Waals surface area contributed by atoms with Gasteiger partial charge in [-0.2, -0.15) is 5.10 Å². The molecule has 2 aromatic heterocycles. The van der Waals surface area contributed by atoms with E-state index in [1.165, 1.54) is 0 Å². The van der Waals surface area contributed by atoms with E-state index in [1.54, 1.807) is 18.6 Å². The Morgan fingerprint density at radius 3 is 2.54 bits per heavy atom. The van der Waals surface area contributed by atoms with Crippen LogP contribution in [0.2, 0.25) is 0 Å². The lowest BCUT2D eigenvalue weighted by molar-refractivity contribution is 0.370. The summed E-state index contributed by atoms with van der Waals surface area (Å²) in [6, 6.07) is 3.84. The van der Waals surface area contributed by atoms with Gasteiger partial charge in [-0.25, -0.2) is 15.0 Å². The third-order valence-electron chi connectivity index (χ3n) is 4.06. The lowest BCUT2D eigenvalue weighted by atomic mass is 10.3. The molecule has 0 aliphatic carbocycles. The number of aryl methyl sites for hydroxylation is 1. The Morgan fingerprint density at radius 1 is 1.17 bits per heavy atom. The highest BCUT2D eigenvalue weighted by Gasteiger charge is 2.21. The highest BCUT2D eigenvalue weighted by molar-refractivity contribution is 5.80. The predicted molar refractivity (Wildman–Crippen MR) is 93.8 cm³/mol. The molecule has 0 amide bonds. The largest absolute Gasteiger partial charge is 0.357 e. The first kappa shape index (κ1) is 16.2. The zero-order valence-corrected chi connectivity index (χ0v) is 14.3. The zero-order chi connectivity index (χ0) is 16.8. The molecule has 1 fully saturated rings. The first-order valence-corrected chi connectivity index (χ1v) is 8.30. The standard InChI is InChI=1S/C16H24N8/c1-3-17-15(20-13-14-5-8-21-22(14)2)23-9-11-24(12-10-23)16-18-6-4-7-19-16/h4-8H,3,9-13H2,1-2H3,(H,17,20). The van der Waals surface area contributed by atoms with Gasteiger partial charge in [-0.1, -0.05) is 0 Å². The minimum Gasteiger partial charge on any atom is -0.357 e. The molecule has 0 spiro atoms. The third-order valence-corrected chi connectivity index (χ3v) is 4.06. The fourth-order valence-electron chi connectivity index (χ4n) is 2.71. The highest BCUT2D eigenvalue weighted by Crippen LogP contribution is 2.10. The van der Waals surface area contributed by atoms with Crippen molar-refractivity contribution >= 4 is 11.9 Å². The minimum atomic E-state index is 0.626. The third kappa shape index (κ3) is 3.81. The van der Waals surface area contributed by atoms with Crippen molar-refractivity contribution in [2.45, 2.75) is 13.5 Å². The van der Waals surface area contributed by atoms with Crippen LogP contribution in [0.25, 0.3) is 0 Å². The van der Waals surface area contributed by atoms with Crippen LogP contribution < -0.4 is 10.2 Å². The van der Waals surface area contributed by atoms with E-state index in [2.05, 4.69) is 37.1 Å². The molecular weight excluding hydrogens is 304 g/mol. The number of nitrogens with one attached hydrogen (secondary N) is 1. The van der Waals surface area contributed by atoms with Crippen molar-refractivity contribution < 1.29 is 0 Å². The Bertz CT molecular complexity index is 658. The molecule has 1 aliphatic rings. The average Bonchev–Trinajstić information content (AvgIpc) is 3.04. The van der Waals surface area contributed by atoms with Crippen molar-refractivity contribution in [3.8, 4) is 0 Å². The van der Waals surface area contributed by atoms with E-state index in [9.17, 15) is 0 Å². The van der Waals surface area contributed by atoms with Gasteiger partial charge in [0, 0.05) is 58.4 Å². The molecule has 0 aromatic carbocycles. The van der Waals surface area contributed by atoms with Gasteiger partial charge in [0.15, 0.2) is 5.96 Å². The first-order valence-electron chi connectivity index (χ1n) is 8.30. The van der Waals surface area contributed by atoms with E-state index in [1.807, 2.05) is 23.9 Å². The summed E-state index contributed by atoms with van der Waals surface area (Å²) in [6.45, 7) is 7.14. The van der Waals surface area contributed by atoms with Crippen LogP contribution in [0.3, 0.4) is 0 Å². The van der Waals surface area contributed by atoms with Crippen LogP contribution in [0, 0.1) is 0 Å². The van der Waals surface area contributed by atoms with Crippen LogP contribution in [0.5, 0.6) is 0 Å². The zero-order valence-electron chi connectivity index (χ0n) is 14.3. The summed E-state index contributed by atoms with van der Waals surface area (Å²) in [4.78, 5) is 17.9. The Hall–Kier alpha value is -2.64. The van der Waals surface area contributed by atoms with Gasteiger partial charge in [-0.3, -0.25) is 4.68 Å². The van der Waals surface area contributed by atoms with Gasteiger partial charge in [0.1, 0.15) is 0 Å². The van der Waals surface area contributed by atoms with Gasteiger partial charge in [-0.15, -0.1) is 0 Å². The Morgan fingerprint density at radius 2 is 1.92 bits per heavy atom. The number of guanidine groups is 1. The molecule has 1 saturated heterocycles. The molecular formula is C16H24N8. The second-order valence-corrected chi connectivity index (χ2v) is 5.64. The van der Waals surface area contributed by atoms with Gasteiger partial charge >= 0.3 is 0 Å². The summed E-state index contributed by atoms with van der Waals surface area (Å²) < 4.78 is 1.86. The normalized spacial score (nSPS) is 15.7. The molecule has 0 atom stereocenters. The van der Waals surface area contributed by atoms with Crippen molar-refractivity contribution in [3.05, 3.63) is 36.4 Å².